The molecule has 69 heavy (non-hydrogen) atoms. The number of hydrogen-bond donors (Lipinski definition) is 4. The fourth-order valence-electron chi connectivity index (χ4n) is 9.82. The molecular weight excluding hydrogens is 981 g/mol. The third-order valence-corrected chi connectivity index (χ3v) is 25.0. The quantitative estimate of drug-likeness (QED) is 0.0471. The third kappa shape index (κ3) is 10.6. The van der Waals surface area contributed by atoms with Crippen molar-refractivity contribution in [3.8, 4) is 5.69 Å². The van der Waals surface area contributed by atoms with Gasteiger partial charge in [0.15, 0.2) is 0 Å². The Balaban J connectivity index is 0.000000187. The van der Waals surface area contributed by atoms with E-state index in [-0.39, 0.29) is 19.8 Å². The van der Waals surface area contributed by atoms with Crippen LogP contribution < -0.4 is 22.5 Å². The first-order valence-corrected chi connectivity index (χ1v) is 31.7. The molecule has 0 unspecified atom stereocenters. The molecule has 1 fully saturated rings. The Morgan fingerprint density at radius 2 is 1.23 bits per heavy atom. The van der Waals surface area contributed by atoms with Crippen molar-refractivity contribution >= 4 is 115 Å². The van der Waals surface area contributed by atoms with E-state index in [4.69, 9.17) is 22.3 Å². The molecule has 10 rings (SSSR count). The van der Waals surface area contributed by atoms with E-state index < -0.39 is 28.3 Å². The lowest BCUT2D eigenvalue weighted by atomic mass is 9.97. The zero-order chi connectivity index (χ0) is 48.2. The van der Waals surface area contributed by atoms with Gasteiger partial charge in [-0.2, -0.15) is 10.2 Å². The minimum atomic E-state index is -0.968. The van der Waals surface area contributed by atoms with Crippen LogP contribution in [0.4, 0.5) is 0 Å². The number of amides is 3. The lowest BCUT2D eigenvalue weighted by molar-refractivity contribution is -0.123. The van der Waals surface area contributed by atoms with Crippen LogP contribution in [-0.4, -0.2) is 87.5 Å². The molecule has 17 heteroatoms. The zero-order valence-corrected chi connectivity index (χ0v) is 43.7. The van der Waals surface area contributed by atoms with Crippen molar-refractivity contribution in [2.45, 2.75) is 84.5 Å². The van der Waals surface area contributed by atoms with Gasteiger partial charge in [-0.1, -0.05) is 122 Å². The lowest BCUT2D eigenvalue weighted by Gasteiger charge is -2.38. The number of halogens is 1. The van der Waals surface area contributed by atoms with E-state index >= 15 is 0 Å². The van der Waals surface area contributed by atoms with Gasteiger partial charge in [0.2, 0.25) is 5.91 Å². The highest BCUT2D eigenvalue weighted by molar-refractivity contribution is 9.09. The average molecular weight is 1050 g/mol. The topological polar surface area (TPSA) is 185 Å². The number of nitrogens with zero attached hydrogens (tertiary/aromatic N) is 6. The van der Waals surface area contributed by atoms with Gasteiger partial charge in [-0.15, -0.1) is 11.3 Å². The van der Waals surface area contributed by atoms with Crippen LogP contribution in [-0.2, 0) is 33.9 Å². The average Bonchev–Trinajstić information content (AvgIpc) is 4.17. The molecule has 7 N–H and O–H groups in total. The Morgan fingerprint density at radius 3 is 1.86 bits per heavy atom. The number of primary amides is 1. The lowest BCUT2D eigenvalue weighted by Crippen LogP contribution is -2.55. The van der Waals surface area contributed by atoms with Gasteiger partial charge in [-0.25, -0.2) is 0 Å². The van der Waals surface area contributed by atoms with E-state index in [1.54, 1.807) is 11.3 Å². The Bertz CT molecular complexity index is 3150. The summed E-state index contributed by atoms with van der Waals surface area (Å²) in [6.45, 7) is 14.1. The Labute approximate surface area is 419 Å². The number of alkyl halides is 1. The van der Waals surface area contributed by atoms with Crippen LogP contribution in [0, 0.1) is 0 Å². The summed E-state index contributed by atoms with van der Waals surface area (Å²) in [6, 6.07) is 34.9. The van der Waals surface area contributed by atoms with Crippen molar-refractivity contribution in [2.75, 3.05) is 25.0 Å². The smallest absolute Gasteiger partial charge is 0.261 e. The molecule has 0 aliphatic carbocycles. The molecule has 0 radical (unpaired) electrons. The summed E-state index contributed by atoms with van der Waals surface area (Å²) in [5.74, 6) is -1.21. The largest absolute Gasteiger partial charge is 0.369 e. The highest BCUT2D eigenvalue weighted by Crippen LogP contribution is 2.41. The maximum Gasteiger partial charge on any atom is 0.261 e. The Hall–Kier alpha value is -5.54. The molecule has 0 atom stereocenters. The summed E-state index contributed by atoms with van der Waals surface area (Å²) in [6.07, 6.45) is 5.09. The third-order valence-electron chi connectivity index (χ3n) is 13.1. The van der Waals surface area contributed by atoms with Crippen molar-refractivity contribution in [1.29, 1.82) is 0 Å². The number of nitrogens with two attached hydrogens (primary N) is 3. The molecular formula is C52H65BrN10O3SSi2. The fourth-order valence-corrected chi connectivity index (χ4v) is 25.2. The molecule has 0 spiro atoms. The van der Waals surface area contributed by atoms with Crippen molar-refractivity contribution in [1.82, 2.24) is 33.7 Å². The molecule has 362 valence electrons. The number of imide groups is 1. The first-order valence-electron chi connectivity index (χ1n) is 23.4. The normalized spacial score (nSPS) is 15.3. The number of aromatic nitrogens is 5. The summed E-state index contributed by atoms with van der Waals surface area (Å²) < 4.78 is 10.0. The maximum absolute atomic E-state index is 13.4. The highest BCUT2D eigenvalue weighted by Gasteiger charge is 2.46. The number of carbonyl (C=O) groups excluding carboxylic acids is 3. The number of aryl methyl sites for hydroxylation is 2. The molecule has 2 aliphatic heterocycles. The zero-order valence-electron chi connectivity index (χ0n) is 39.3. The molecule has 1 saturated heterocycles. The number of carbonyl (C=O) groups is 3. The number of fused-ring (bicyclic) bond motifs is 4. The van der Waals surface area contributed by atoms with E-state index in [1.807, 2.05) is 100 Å². The van der Waals surface area contributed by atoms with Crippen LogP contribution in [0.15, 0.2) is 109 Å². The standard InChI is InChI=1S/C30H23N5O2S.C12H16N4O.C9H22BrNSi2.CH4/c31-14-7-15-35-23-12-5-2-10-20(23)28(33-35)27-26(29(36)32-30(27)37)21-16-34(22-11-4-1-8-18(21)22)24-17-38-25-13-6-3-9-19(24)25;13-6-3-7-16-11-5-2-1-4-9(11)10(15-16)8-12(14)17;1-12(2)8-9-13(3,4)11(12)7-5-6-10;/h1-6,8-13,16-17H,7,14-15,31H2,(H,32,36,37);1-2,4-5H,3,6-8,13H2,(H2,14,17);5-9H2,1-4H3;1H4. The minimum absolute atomic E-state index is 0. The second-order valence-electron chi connectivity index (χ2n) is 18.6. The summed E-state index contributed by atoms with van der Waals surface area (Å²) in [7, 11) is -1.94. The molecule has 2 aliphatic rings. The molecule has 0 bridgehead atoms. The SMILES string of the molecule is C.C[Si]1(C)CC[Si](C)(C)N1CCCBr.NCCCn1nc(C2=C(c3cn(-c4csc5ccccc45)c4ccccc34)C(=O)NC2=O)c2ccccc21.NCCCn1nc(CC(N)=O)c2ccccc21. The molecule has 6 heterocycles. The number of rotatable bonds is 14. The number of thiophene rings is 1. The molecule has 4 aromatic heterocycles. The van der Waals surface area contributed by atoms with Gasteiger partial charge in [-0.3, -0.25) is 29.1 Å². The van der Waals surface area contributed by atoms with E-state index in [1.165, 1.54) is 35.1 Å². The van der Waals surface area contributed by atoms with Crippen LogP contribution in [0.25, 0.3) is 59.6 Å². The monoisotopic (exact) mass is 1040 g/mol. The van der Waals surface area contributed by atoms with E-state index in [0.717, 1.165) is 68.9 Å². The van der Waals surface area contributed by atoms with Gasteiger partial charge in [0, 0.05) is 61.8 Å². The fraction of sp³-hybridized carbons (Fsp3) is 0.327. The maximum atomic E-state index is 13.4. The van der Waals surface area contributed by atoms with E-state index in [0.29, 0.717) is 42.0 Å². The highest BCUT2D eigenvalue weighted by atomic mass is 79.9. The van der Waals surface area contributed by atoms with Gasteiger partial charge in [0.25, 0.3) is 11.8 Å². The molecule has 4 aromatic carbocycles. The van der Waals surface area contributed by atoms with E-state index in [9.17, 15) is 14.4 Å². The Kier molecular flexibility index (Phi) is 16.4. The van der Waals surface area contributed by atoms with Crippen molar-refractivity contribution in [2.24, 2.45) is 17.2 Å². The van der Waals surface area contributed by atoms with Crippen LogP contribution in [0.3, 0.4) is 0 Å². The second-order valence-corrected chi connectivity index (χ2v) is 30.1. The second kappa shape index (κ2) is 22.0. The van der Waals surface area contributed by atoms with Gasteiger partial charge >= 0.3 is 0 Å². The molecule has 3 amide bonds. The molecule has 13 nitrogen and oxygen atoms in total. The molecule has 0 saturated carbocycles. The number of hydrogen-bond acceptors (Lipinski definition) is 9. The summed E-state index contributed by atoms with van der Waals surface area (Å²) >= 11 is 5.22. The van der Waals surface area contributed by atoms with Gasteiger partial charge < -0.3 is 26.0 Å². The Morgan fingerprint density at radius 1 is 0.696 bits per heavy atom. The predicted octanol–water partition coefficient (Wildman–Crippen LogP) is 9.66. The van der Waals surface area contributed by atoms with Crippen LogP contribution in [0.1, 0.15) is 43.6 Å². The predicted molar refractivity (Wildman–Crippen MR) is 295 cm³/mol. The number of para-hydroxylation sites is 3. The first-order chi connectivity index (χ1) is 32.8. The first kappa shape index (κ1) is 51.3. The summed E-state index contributed by atoms with van der Waals surface area (Å²) in [5, 5.41) is 18.9. The molecule has 8 aromatic rings. The van der Waals surface area contributed by atoms with Crippen molar-refractivity contribution < 1.29 is 14.4 Å². The van der Waals surface area contributed by atoms with Crippen molar-refractivity contribution in [3.63, 3.8) is 0 Å². The van der Waals surface area contributed by atoms with E-state index in [2.05, 4.69) is 78.8 Å². The van der Waals surface area contributed by atoms with Gasteiger partial charge in [0.05, 0.1) is 45.5 Å². The van der Waals surface area contributed by atoms with Gasteiger partial charge in [-0.05, 0) is 75.3 Å². The van der Waals surface area contributed by atoms with Crippen molar-refractivity contribution in [3.05, 3.63) is 126 Å². The number of benzene rings is 4. The van der Waals surface area contributed by atoms with Gasteiger partial charge in [0.1, 0.15) is 22.2 Å². The van der Waals surface area contributed by atoms with Crippen LogP contribution >= 0.6 is 27.3 Å². The van der Waals surface area contributed by atoms with Crippen LogP contribution in [0.2, 0.25) is 38.3 Å². The summed E-state index contributed by atoms with van der Waals surface area (Å²) in [4.78, 5) is 37.7. The number of nitrogens with one attached hydrogen (secondary N) is 1. The summed E-state index contributed by atoms with van der Waals surface area (Å²) in [5.41, 5.74) is 23.0. The van der Waals surface area contributed by atoms with Crippen LogP contribution in [0.5, 0.6) is 0 Å². The minimum Gasteiger partial charge on any atom is -0.369 e.